The molecule has 1 fully saturated rings. The van der Waals surface area contributed by atoms with Gasteiger partial charge in [0.25, 0.3) is 5.56 Å². The summed E-state index contributed by atoms with van der Waals surface area (Å²) >= 11 is 7.72. The maximum Gasteiger partial charge on any atom is 0.253 e. The smallest absolute Gasteiger partial charge is 0.253 e. The Hall–Kier alpha value is -2.36. The van der Waals surface area contributed by atoms with E-state index in [0.29, 0.717) is 27.2 Å². The SMILES string of the molecule is Cc1nc(N[C@@H](C)c2cc3cc(Cl)c(C4CC4)cc3[nH]c2=O)sc1C#N. The van der Waals surface area contributed by atoms with E-state index in [-0.39, 0.29) is 11.6 Å². The second kappa shape index (κ2) is 6.42. The maximum atomic E-state index is 12.6. The number of fused-ring (bicyclic) bond motifs is 1. The molecule has 2 N–H and O–H groups in total. The number of aromatic nitrogens is 2. The Labute approximate surface area is 159 Å². The molecule has 4 rings (SSSR count). The van der Waals surface area contributed by atoms with Crippen molar-refractivity contribution < 1.29 is 0 Å². The zero-order chi connectivity index (χ0) is 18.4. The lowest BCUT2D eigenvalue weighted by Crippen LogP contribution is -2.19. The van der Waals surface area contributed by atoms with E-state index in [1.807, 2.05) is 25.1 Å². The van der Waals surface area contributed by atoms with Gasteiger partial charge in [-0.3, -0.25) is 4.79 Å². The summed E-state index contributed by atoms with van der Waals surface area (Å²) in [4.78, 5) is 20.5. The van der Waals surface area contributed by atoms with Crippen LogP contribution in [0.15, 0.2) is 23.0 Å². The number of pyridine rings is 1. The van der Waals surface area contributed by atoms with E-state index in [1.165, 1.54) is 11.3 Å². The van der Waals surface area contributed by atoms with Gasteiger partial charge in [0.1, 0.15) is 10.9 Å². The normalized spacial score (nSPS) is 15.0. The fraction of sp³-hybridized carbons (Fsp3) is 0.316. The van der Waals surface area contributed by atoms with E-state index < -0.39 is 0 Å². The van der Waals surface area contributed by atoms with Crippen LogP contribution >= 0.6 is 22.9 Å². The van der Waals surface area contributed by atoms with Crippen molar-refractivity contribution in [3.63, 3.8) is 0 Å². The summed E-state index contributed by atoms with van der Waals surface area (Å²) in [5.74, 6) is 0.526. The summed E-state index contributed by atoms with van der Waals surface area (Å²) in [6, 6.07) is 7.68. The van der Waals surface area contributed by atoms with Crippen LogP contribution in [0.25, 0.3) is 10.9 Å². The number of nitrogens with zero attached hydrogens (tertiary/aromatic N) is 2. The van der Waals surface area contributed by atoms with E-state index in [0.717, 1.165) is 34.3 Å². The average molecular weight is 385 g/mol. The third kappa shape index (κ3) is 3.09. The molecule has 0 radical (unpaired) electrons. The number of hydrogen-bond acceptors (Lipinski definition) is 5. The molecule has 0 saturated heterocycles. The van der Waals surface area contributed by atoms with Crippen molar-refractivity contribution in [2.45, 2.75) is 38.6 Å². The Morgan fingerprint density at radius 3 is 2.85 bits per heavy atom. The van der Waals surface area contributed by atoms with Crippen LogP contribution < -0.4 is 10.9 Å². The molecular formula is C19H17ClN4OS. The maximum absolute atomic E-state index is 12.6. The van der Waals surface area contributed by atoms with Crippen molar-refractivity contribution in [1.82, 2.24) is 9.97 Å². The van der Waals surface area contributed by atoms with Gasteiger partial charge in [-0.15, -0.1) is 0 Å². The first-order chi connectivity index (χ1) is 12.5. The molecule has 2 aromatic heterocycles. The van der Waals surface area contributed by atoms with E-state index in [9.17, 15) is 4.79 Å². The van der Waals surface area contributed by atoms with Crippen LogP contribution in [-0.2, 0) is 0 Å². The minimum absolute atomic E-state index is 0.129. The lowest BCUT2D eigenvalue weighted by molar-refractivity contribution is 0.862. The molecule has 0 unspecified atom stereocenters. The minimum Gasteiger partial charge on any atom is -0.355 e. The van der Waals surface area contributed by atoms with Gasteiger partial charge in [0.2, 0.25) is 0 Å². The standard InChI is InChI=1S/C19H17ClN4OS/c1-9(22-19-23-10(2)17(8-21)26-19)13-5-12-6-15(20)14(11-3-4-11)7-16(12)24-18(13)25/h5-7,9,11H,3-4H2,1-2H3,(H,22,23)(H,24,25)/t9-/m0/s1. The zero-order valence-corrected chi connectivity index (χ0v) is 16.0. The summed E-state index contributed by atoms with van der Waals surface area (Å²) in [7, 11) is 0. The molecule has 132 valence electrons. The molecule has 0 bridgehead atoms. The Morgan fingerprint density at radius 1 is 1.42 bits per heavy atom. The van der Waals surface area contributed by atoms with Gasteiger partial charge in [0.05, 0.1) is 11.7 Å². The number of aromatic amines is 1. The summed E-state index contributed by atoms with van der Waals surface area (Å²) in [5, 5.41) is 14.6. The number of H-pyrrole nitrogens is 1. The molecule has 7 heteroatoms. The highest BCUT2D eigenvalue weighted by Gasteiger charge is 2.26. The number of nitriles is 1. The first kappa shape index (κ1) is 17.1. The van der Waals surface area contributed by atoms with Gasteiger partial charge in [0, 0.05) is 21.5 Å². The second-order valence-corrected chi connectivity index (χ2v) is 8.11. The molecule has 3 aromatic rings. The quantitative estimate of drug-likeness (QED) is 0.672. The minimum atomic E-state index is -0.248. The monoisotopic (exact) mass is 384 g/mol. The Kier molecular flexibility index (Phi) is 4.22. The predicted molar refractivity (Wildman–Crippen MR) is 105 cm³/mol. The molecule has 2 heterocycles. The summed E-state index contributed by atoms with van der Waals surface area (Å²) < 4.78 is 0. The van der Waals surface area contributed by atoms with E-state index >= 15 is 0 Å². The topological polar surface area (TPSA) is 81.6 Å². The van der Waals surface area contributed by atoms with Crippen LogP contribution in [0, 0.1) is 18.3 Å². The lowest BCUT2D eigenvalue weighted by atomic mass is 10.0. The Bertz CT molecular complexity index is 1110. The van der Waals surface area contributed by atoms with Crippen LogP contribution in [-0.4, -0.2) is 9.97 Å². The second-order valence-electron chi connectivity index (χ2n) is 6.70. The molecule has 0 spiro atoms. The molecule has 1 aliphatic rings. The first-order valence-electron chi connectivity index (χ1n) is 8.46. The molecule has 1 aromatic carbocycles. The van der Waals surface area contributed by atoms with E-state index in [4.69, 9.17) is 16.9 Å². The van der Waals surface area contributed by atoms with Crippen molar-refractivity contribution in [2.75, 3.05) is 5.32 Å². The fourth-order valence-corrected chi connectivity index (χ4v) is 4.29. The van der Waals surface area contributed by atoms with Crippen molar-refractivity contribution in [3.8, 4) is 6.07 Å². The molecule has 1 atom stereocenters. The van der Waals surface area contributed by atoms with Gasteiger partial charge in [-0.1, -0.05) is 22.9 Å². The van der Waals surface area contributed by atoms with Gasteiger partial charge in [0.15, 0.2) is 5.13 Å². The van der Waals surface area contributed by atoms with E-state index in [2.05, 4.69) is 21.4 Å². The number of hydrogen-bond donors (Lipinski definition) is 2. The first-order valence-corrected chi connectivity index (χ1v) is 9.66. The highest BCUT2D eigenvalue weighted by molar-refractivity contribution is 7.16. The highest BCUT2D eigenvalue weighted by atomic mass is 35.5. The van der Waals surface area contributed by atoms with Gasteiger partial charge in [-0.05, 0) is 56.4 Å². The van der Waals surface area contributed by atoms with E-state index in [1.54, 1.807) is 6.92 Å². The third-order valence-electron chi connectivity index (χ3n) is 4.71. The third-order valence-corrected chi connectivity index (χ3v) is 6.03. The van der Waals surface area contributed by atoms with Crippen molar-refractivity contribution in [2.24, 2.45) is 0 Å². The number of rotatable bonds is 4. The van der Waals surface area contributed by atoms with Crippen LogP contribution in [0.4, 0.5) is 5.13 Å². The number of anilines is 1. The number of aryl methyl sites for hydroxylation is 1. The van der Waals surface area contributed by atoms with Crippen molar-refractivity contribution in [3.05, 3.63) is 55.3 Å². The van der Waals surface area contributed by atoms with Crippen LogP contribution in [0.3, 0.4) is 0 Å². The number of benzene rings is 1. The van der Waals surface area contributed by atoms with Crippen LogP contribution in [0.5, 0.6) is 0 Å². The lowest BCUT2D eigenvalue weighted by Gasteiger charge is -2.14. The fourth-order valence-electron chi connectivity index (χ4n) is 3.11. The summed E-state index contributed by atoms with van der Waals surface area (Å²) in [6.07, 6.45) is 2.32. The molecule has 5 nitrogen and oxygen atoms in total. The molecule has 26 heavy (non-hydrogen) atoms. The predicted octanol–water partition coefficient (Wildman–Crippen LogP) is 4.87. The molecular weight excluding hydrogens is 368 g/mol. The molecule has 1 saturated carbocycles. The van der Waals surface area contributed by atoms with Crippen molar-refractivity contribution >= 4 is 39.0 Å². The summed E-state index contributed by atoms with van der Waals surface area (Å²) in [5.41, 5.74) is 3.11. The zero-order valence-electron chi connectivity index (χ0n) is 14.4. The molecule has 0 aliphatic heterocycles. The van der Waals surface area contributed by atoms with Crippen LogP contribution in [0.1, 0.15) is 53.4 Å². The Morgan fingerprint density at radius 2 is 2.19 bits per heavy atom. The van der Waals surface area contributed by atoms with Gasteiger partial charge in [-0.25, -0.2) is 4.98 Å². The number of halogens is 1. The van der Waals surface area contributed by atoms with Crippen molar-refractivity contribution in [1.29, 1.82) is 5.26 Å². The number of nitrogens with one attached hydrogen (secondary N) is 2. The Balaban J connectivity index is 1.68. The summed E-state index contributed by atoms with van der Waals surface area (Å²) in [6.45, 7) is 3.70. The van der Waals surface area contributed by atoms with Gasteiger partial charge in [-0.2, -0.15) is 5.26 Å². The average Bonchev–Trinajstić information content (AvgIpc) is 3.37. The highest BCUT2D eigenvalue weighted by Crippen LogP contribution is 2.44. The van der Waals surface area contributed by atoms with Gasteiger partial charge < -0.3 is 10.3 Å². The van der Waals surface area contributed by atoms with Gasteiger partial charge >= 0.3 is 0 Å². The molecule has 0 amide bonds. The molecule has 1 aliphatic carbocycles. The largest absolute Gasteiger partial charge is 0.355 e. The van der Waals surface area contributed by atoms with Crippen LogP contribution in [0.2, 0.25) is 5.02 Å². The number of thiazole rings is 1.